The number of sulfonamides is 1. The summed E-state index contributed by atoms with van der Waals surface area (Å²) in [6.07, 6.45) is -1.03. The molecule has 1 aromatic rings. The first-order chi connectivity index (χ1) is 8.74. The van der Waals surface area contributed by atoms with Gasteiger partial charge in [-0.2, -0.15) is 0 Å². The number of carbonyl (C=O) groups is 2. The van der Waals surface area contributed by atoms with Gasteiger partial charge in [0.05, 0.1) is 0 Å². The highest BCUT2D eigenvalue weighted by Gasteiger charge is 2.24. The van der Waals surface area contributed by atoms with Crippen LogP contribution in [-0.4, -0.2) is 38.7 Å². The van der Waals surface area contributed by atoms with Gasteiger partial charge in [-0.25, -0.2) is 22.7 Å². The summed E-state index contributed by atoms with van der Waals surface area (Å²) in [6, 6.07) is 0.851. The molecular weight excluding hydrogens is 348 g/mol. The van der Waals surface area contributed by atoms with Crippen molar-refractivity contribution in [3.63, 3.8) is 0 Å². The maximum Gasteiger partial charge on any atom is 0.404 e. The molecule has 0 aliphatic rings. The average molecular weight is 357 g/mol. The van der Waals surface area contributed by atoms with E-state index in [9.17, 15) is 18.0 Å². The minimum Gasteiger partial charge on any atom is -0.475 e. The quantitative estimate of drug-likeness (QED) is 0.612. The summed E-state index contributed by atoms with van der Waals surface area (Å²) in [6.45, 7) is -0.471. The Morgan fingerprint density at radius 3 is 2.63 bits per heavy atom. The van der Waals surface area contributed by atoms with E-state index in [1.807, 2.05) is 0 Å². The highest BCUT2D eigenvalue weighted by molar-refractivity contribution is 9.10. The van der Waals surface area contributed by atoms with E-state index in [-0.39, 0.29) is 22.7 Å². The Bertz CT molecular complexity index is 594. The lowest BCUT2D eigenvalue weighted by molar-refractivity contribution is 0.0661. The van der Waals surface area contributed by atoms with Gasteiger partial charge in [0.2, 0.25) is 15.8 Å². The third kappa shape index (κ3) is 4.22. The second-order valence-corrected chi connectivity index (χ2v) is 5.57. The highest BCUT2D eigenvalue weighted by atomic mass is 79.9. The molecule has 0 fully saturated rings. The number of hydrogen-bond acceptors (Lipinski definition) is 6. The van der Waals surface area contributed by atoms with Gasteiger partial charge < -0.3 is 20.0 Å². The van der Waals surface area contributed by atoms with Gasteiger partial charge in [-0.15, -0.1) is 0 Å². The van der Waals surface area contributed by atoms with E-state index in [1.165, 1.54) is 0 Å². The Morgan fingerprint density at radius 1 is 1.53 bits per heavy atom. The van der Waals surface area contributed by atoms with Crippen LogP contribution in [0.3, 0.4) is 0 Å². The molecule has 11 heteroatoms. The van der Waals surface area contributed by atoms with Crippen molar-refractivity contribution < 1.29 is 32.3 Å². The number of hydrogen-bond donors (Lipinski definition) is 3. The number of aromatic carboxylic acids is 1. The smallest absolute Gasteiger partial charge is 0.404 e. The molecule has 1 amide bonds. The molecule has 19 heavy (non-hydrogen) atoms. The molecule has 0 aliphatic heterocycles. The van der Waals surface area contributed by atoms with E-state index in [0.717, 1.165) is 6.07 Å². The molecule has 0 saturated carbocycles. The lowest BCUT2D eigenvalue weighted by Crippen LogP contribution is -2.29. The summed E-state index contributed by atoms with van der Waals surface area (Å²) < 4.78 is 34.4. The van der Waals surface area contributed by atoms with Crippen LogP contribution < -0.4 is 10.5 Å². The van der Waals surface area contributed by atoms with E-state index < -0.39 is 27.8 Å². The monoisotopic (exact) mass is 356 g/mol. The molecule has 9 nitrogen and oxygen atoms in total. The Hall–Kier alpha value is -1.59. The Labute approximate surface area is 115 Å². The van der Waals surface area contributed by atoms with Crippen LogP contribution in [0.4, 0.5) is 4.79 Å². The van der Waals surface area contributed by atoms with Crippen LogP contribution >= 0.6 is 15.9 Å². The van der Waals surface area contributed by atoms with Crippen molar-refractivity contribution in [3.05, 3.63) is 16.5 Å². The number of furan rings is 1. The summed E-state index contributed by atoms with van der Waals surface area (Å²) in [4.78, 5) is 20.5. The van der Waals surface area contributed by atoms with Crippen molar-refractivity contribution in [1.82, 2.24) is 4.72 Å². The van der Waals surface area contributed by atoms with Crippen molar-refractivity contribution in [2.75, 3.05) is 13.2 Å². The van der Waals surface area contributed by atoms with Gasteiger partial charge in [-0.1, -0.05) is 0 Å². The van der Waals surface area contributed by atoms with Gasteiger partial charge in [0.15, 0.2) is 4.67 Å². The number of ether oxygens (including phenoxy) is 1. The second-order valence-electron chi connectivity index (χ2n) is 3.12. The zero-order chi connectivity index (χ0) is 14.6. The molecule has 1 heterocycles. The summed E-state index contributed by atoms with van der Waals surface area (Å²) in [7, 11) is -3.99. The maximum absolute atomic E-state index is 11.8. The number of carboxylic acid groups (broad SMARTS) is 1. The molecule has 0 bridgehead atoms. The van der Waals surface area contributed by atoms with Crippen LogP contribution in [0, 0.1) is 0 Å². The van der Waals surface area contributed by atoms with Crippen molar-refractivity contribution in [2.45, 2.75) is 4.90 Å². The van der Waals surface area contributed by atoms with E-state index in [0.29, 0.717) is 0 Å². The fourth-order valence-corrected chi connectivity index (χ4v) is 3.00. The van der Waals surface area contributed by atoms with E-state index >= 15 is 0 Å². The summed E-state index contributed by atoms with van der Waals surface area (Å²) >= 11 is 2.80. The fourth-order valence-electron chi connectivity index (χ4n) is 1.05. The largest absolute Gasteiger partial charge is 0.475 e. The SMILES string of the molecule is NC(=O)OCCNS(=O)(=O)c1cc(C(=O)O)oc1Br. The Kier molecular flexibility index (Phi) is 4.91. The molecule has 0 radical (unpaired) electrons. The molecule has 1 rings (SSSR count). The van der Waals surface area contributed by atoms with Crippen molar-refractivity contribution in [1.29, 1.82) is 0 Å². The summed E-state index contributed by atoms with van der Waals surface area (Å²) in [5.41, 5.74) is 4.69. The third-order valence-corrected chi connectivity index (χ3v) is 4.11. The molecule has 0 unspecified atom stereocenters. The fraction of sp³-hybridized carbons (Fsp3) is 0.250. The number of nitrogens with one attached hydrogen (secondary N) is 1. The van der Waals surface area contributed by atoms with E-state index in [4.69, 9.17) is 9.52 Å². The summed E-state index contributed by atoms with van der Waals surface area (Å²) in [5, 5.41) is 8.66. The van der Waals surface area contributed by atoms with Crippen LogP contribution in [0.5, 0.6) is 0 Å². The predicted octanol–water partition coefficient (Wildman–Crippen LogP) is 0.114. The molecule has 0 saturated heterocycles. The van der Waals surface area contributed by atoms with E-state index in [2.05, 4.69) is 31.1 Å². The highest BCUT2D eigenvalue weighted by Crippen LogP contribution is 2.25. The molecule has 4 N–H and O–H groups in total. The number of carboxylic acids is 1. The second kappa shape index (κ2) is 6.04. The third-order valence-electron chi connectivity index (χ3n) is 1.79. The van der Waals surface area contributed by atoms with Crippen molar-refractivity contribution in [3.8, 4) is 0 Å². The predicted molar refractivity (Wildman–Crippen MR) is 64.1 cm³/mol. The topological polar surface area (TPSA) is 149 Å². The van der Waals surface area contributed by atoms with Crippen LogP contribution in [0.1, 0.15) is 10.6 Å². The number of rotatable bonds is 6. The van der Waals surface area contributed by atoms with Gasteiger partial charge in [0, 0.05) is 12.6 Å². The number of halogens is 1. The molecule has 1 aromatic heterocycles. The Balaban J connectivity index is 2.77. The average Bonchev–Trinajstić information content (AvgIpc) is 2.67. The van der Waals surface area contributed by atoms with Gasteiger partial charge >= 0.3 is 12.1 Å². The lowest BCUT2D eigenvalue weighted by Gasteiger charge is -2.04. The first kappa shape index (κ1) is 15.5. The van der Waals surface area contributed by atoms with Crippen molar-refractivity contribution >= 4 is 38.0 Å². The van der Waals surface area contributed by atoms with Crippen LogP contribution in [0.25, 0.3) is 0 Å². The molecule has 0 aliphatic carbocycles. The van der Waals surface area contributed by atoms with Crippen molar-refractivity contribution in [2.24, 2.45) is 5.73 Å². The van der Waals surface area contributed by atoms with Gasteiger partial charge in [0.25, 0.3) is 0 Å². The number of carbonyl (C=O) groups excluding carboxylic acids is 1. The zero-order valence-corrected chi connectivity index (χ0v) is 11.7. The zero-order valence-electron chi connectivity index (χ0n) is 9.25. The lowest BCUT2D eigenvalue weighted by atomic mass is 10.5. The molecule has 0 spiro atoms. The van der Waals surface area contributed by atoms with Crippen LogP contribution in [-0.2, 0) is 14.8 Å². The first-order valence-corrected chi connectivity index (χ1v) is 6.96. The number of nitrogens with two attached hydrogens (primary N) is 1. The Morgan fingerprint density at radius 2 is 2.16 bits per heavy atom. The van der Waals surface area contributed by atoms with Gasteiger partial charge in [-0.05, 0) is 15.9 Å². The maximum atomic E-state index is 11.8. The normalized spacial score (nSPS) is 11.2. The minimum atomic E-state index is -3.99. The number of primary amides is 1. The molecule has 0 aromatic carbocycles. The first-order valence-electron chi connectivity index (χ1n) is 4.68. The van der Waals surface area contributed by atoms with Crippen LogP contribution in [0.15, 0.2) is 20.0 Å². The van der Waals surface area contributed by atoms with Crippen LogP contribution in [0.2, 0.25) is 0 Å². The van der Waals surface area contributed by atoms with E-state index in [1.54, 1.807) is 0 Å². The van der Waals surface area contributed by atoms with Gasteiger partial charge in [-0.3, -0.25) is 0 Å². The number of amides is 1. The molecular formula is C8H9BrN2O7S. The standard InChI is InChI=1S/C8H9BrN2O7S/c9-6-5(3-4(18-6)7(12)13)19(15,16)11-1-2-17-8(10)14/h3,11H,1-2H2,(H2,10,14)(H,12,13). The summed E-state index contributed by atoms with van der Waals surface area (Å²) in [5.74, 6) is -1.93. The van der Waals surface area contributed by atoms with Gasteiger partial charge in [0.1, 0.15) is 11.5 Å². The molecule has 106 valence electrons. The minimum absolute atomic E-state index is 0.217. The molecule has 0 atom stereocenters.